The first-order valence-corrected chi connectivity index (χ1v) is 13.9. The summed E-state index contributed by atoms with van der Waals surface area (Å²) in [5.41, 5.74) is 2.42. The number of benzene rings is 2. The number of rotatable bonds is 9. The Balaban J connectivity index is 1.12. The van der Waals surface area contributed by atoms with Gasteiger partial charge in [-0.1, -0.05) is 6.07 Å². The van der Waals surface area contributed by atoms with E-state index in [1.54, 1.807) is 30.5 Å². The topological polar surface area (TPSA) is 130 Å². The maximum Gasteiger partial charge on any atom is 0.335 e. The van der Waals surface area contributed by atoms with Gasteiger partial charge in [0.15, 0.2) is 5.82 Å². The molecule has 0 bridgehead atoms. The maximum absolute atomic E-state index is 14.3. The van der Waals surface area contributed by atoms with Gasteiger partial charge < -0.3 is 24.0 Å². The molecule has 4 aromatic rings. The van der Waals surface area contributed by atoms with E-state index in [0.717, 1.165) is 62.5 Å². The molecule has 0 radical (unpaired) electrons. The third-order valence-corrected chi connectivity index (χ3v) is 7.69. The van der Waals surface area contributed by atoms with Gasteiger partial charge in [0.25, 0.3) is 0 Å². The third kappa shape index (κ3) is 6.02. The van der Waals surface area contributed by atoms with E-state index in [4.69, 9.17) is 19.7 Å². The molecule has 12 heteroatoms. The van der Waals surface area contributed by atoms with Crippen LogP contribution in [-0.4, -0.2) is 74.4 Å². The van der Waals surface area contributed by atoms with Gasteiger partial charge in [-0.05, 0) is 43.2 Å². The van der Waals surface area contributed by atoms with Crippen molar-refractivity contribution in [3.8, 4) is 11.9 Å². The minimum atomic E-state index is -0.960. The van der Waals surface area contributed by atoms with Crippen molar-refractivity contribution in [2.75, 3.05) is 37.7 Å². The highest BCUT2D eigenvalue weighted by Crippen LogP contribution is 2.24. The number of halogens is 1. The van der Waals surface area contributed by atoms with Gasteiger partial charge in [0.2, 0.25) is 5.88 Å². The molecule has 6 rings (SSSR count). The van der Waals surface area contributed by atoms with E-state index in [0.29, 0.717) is 30.4 Å². The predicted molar refractivity (Wildman–Crippen MR) is 151 cm³/mol. The van der Waals surface area contributed by atoms with E-state index in [2.05, 4.69) is 24.3 Å². The molecule has 2 aliphatic rings. The molecule has 216 valence electrons. The average Bonchev–Trinajstić information content (AvgIpc) is 3.13. The molecule has 0 aliphatic carbocycles. The summed E-state index contributed by atoms with van der Waals surface area (Å²) in [5, 5.41) is 18.4. The monoisotopic (exact) mass is 571 g/mol. The normalized spacial score (nSPS) is 17.4. The van der Waals surface area contributed by atoms with Gasteiger partial charge in [0.1, 0.15) is 18.2 Å². The maximum atomic E-state index is 14.3. The molecular weight excluding hydrogens is 541 g/mol. The van der Waals surface area contributed by atoms with Crippen LogP contribution in [-0.2, 0) is 24.4 Å². The number of carboxylic acid groups (broad SMARTS) is 1. The Labute approximate surface area is 241 Å². The summed E-state index contributed by atoms with van der Waals surface area (Å²) in [6.07, 6.45) is 5.18. The van der Waals surface area contributed by atoms with Gasteiger partial charge in [-0.25, -0.2) is 14.2 Å². The minimum Gasteiger partial charge on any atom is -0.478 e. The molecule has 0 saturated carbocycles. The molecule has 2 saturated heterocycles. The predicted octanol–water partition coefficient (Wildman–Crippen LogP) is 3.62. The molecule has 2 aromatic heterocycles. The Kier molecular flexibility index (Phi) is 7.94. The number of ether oxygens (including phenoxy) is 2. The summed E-state index contributed by atoms with van der Waals surface area (Å²) in [6.45, 7) is 5.13. The van der Waals surface area contributed by atoms with Crippen LogP contribution in [0.1, 0.15) is 40.2 Å². The number of aromatic carboxylic acids is 1. The number of aromatic nitrogens is 4. The molecule has 1 N–H and O–H groups in total. The minimum absolute atomic E-state index is 0.0235. The molecule has 0 unspecified atom stereocenters. The van der Waals surface area contributed by atoms with Crippen molar-refractivity contribution in [1.29, 1.82) is 5.26 Å². The van der Waals surface area contributed by atoms with Gasteiger partial charge in [0, 0.05) is 38.3 Å². The zero-order chi connectivity index (χ0) is 29.1. The van der Waals surface area contributed by atoms with Crippen LogP contribution in [0.3, 0.4) is 0 Å². The van der Waals surface area contributed by atoms with Crippen molar-refractivity contribution in [1.82, 2.24) is 24.4 Å². The average molecular weight is 572 g/mol. The summed E-state index contributed by atoms with van der Waals surface area (Å²) >= 11 is 0. The summed E-state index contributed by atoms with van der Waals surface area (Å²) in [5.74, 6) is 0.413. The zero-order valence-electron chi connectivity index (χ0n) is 22.9. The quantitative estimate of drug-likeness (QED) is 0.318. The van der Waals surface area contributed by atoms with E-state index in [9.17, 15) is 14.3 Å². The van der Waals surface area contributed by atoms with Crippen LogP contribution in [0.15, 0.2) is 48.8 Å². The lowest BCUT2D eigenvalue weighted by Gasteiger charge is -2.28. The van der Waals surface area contributed by atoms with Crippen molar-refractivity contribution >= 4 is 22.8 Å². The van der Waals surface area contributed by atoms with Gasteiger partial charge in [-0.2, -0.15) is 10.2 Å². The standard InChI is InChI=1S/C30H30FN7O4/c31-24-12-20(14-32)2-3-22(24)19-42-29-16-33-15-27(35-29)37-8-1-7-36(9-10-37)18-28-34-25-5-4-21(30(39)40)13-26(25)38(28)17-23-6-11-41-23/h2-5,12-13,15-16,23H,1,6-11,17-19H2,(H,39,40)/t23-/m0/s1. The number of carbonyl (C=O) groups is 1. The molecule has 0 amide bonds. The van der Waals surface area contributed by atoms with Crippen LogP contribution in [0.4, 0.5) is 10.2 Å². The van der Waals surface area contributed by atoms with Crippen LogP contribution in [0.2, 0.25) is 0 Å². The van der Waals surface area contributed by atoms with Gasteiger partial charge in [0.05, 0.1) is 59.8 Å². The zero-order valence-corrected chi connectivity index (χ0v) is 22.9. The number of imidazole rings is 1. The highest BCUT2D eigenvalue weighted by atomic mass is 19.1. The van der Waals surface area contributed by atoms with Crippen LogP contribution in [0, 0.1) is 17.1 Å². The summed E-state index contributed by atoms with van der Waals surface area (Å²) in [4.78, 5) is 29.9. The Morgan fingerprint density at radius 2 is 2.02 bits per heavy atom. The lowest BCUT2D eigenvalue weighted by Crippen LogP contribution is -2.34. The largest absolute Gasteiger partial charge is 0.478 e. The summed E-state index contributed by atoms with van der Waals surface area (Å²) < 4.78 is 27.8. The molecular formula is C30H30FN7O4. The smallest absolute Gasteiger partial charge is 0.335 e. The van der Waals surface area contributed by atoms with Crippen LogP contribution < -0.4 is 9.64 Å². The van der Waals surface area contributed by atoms with Gasteiger partial charge >= 0.3 is 5.97 Å². The number of anilines is 1. The fourth-order valence-electron chi connectivity index (χ4n) is 5.27. The molecule has 1 atom stereocenters. The fourth-order valence-corrected chi connectivity index (χ4v) is 5.27. The van der Waals surface area contributed by atoms with Crippen LogP contribution >= 0.6 is 0 Å². The van der Waals surface area contributed by atoms with Crippen LogP contribution in [0.25, 0.3) is 11.0 Å². The number of nitrogens with zero attached hydrogens (tertiary/aromatic N) is 7. The highest BCUT2D eigenvalue weighted by molar-refractivity contribution is 5.92. The number of hydrogen-bond acceptors (Lipinski definition) is 9. The first-order chi connectivity index (χ1) is 20.5. The first-order valence-electron chi connectivity index (χ1n) is 13.9. The fraction of sp³-hybridized carbons (Fsp3) is 0.367. The summed E-state index contributed by atoms with van der Waals surface area (Å²) in [6, 6.07) is 11.3. The third-order valence-electron chi connectivity index (χ3n) is 7.69. The van der Waals surface area contributed by atoms with Crippen molar-refractivity contribution in [2.24, 2.45) is 0 Å². The number of carboxylic acids is 1. The molecule has 4 heterocycles. The van der Waals surface area contributed by atoms with Crippen molar-refractivity contribution < 1.29 is 23.8 Å². The van der Waals surface area contributed by atoms with E-state index in [1.165, 1.54) is 18.3 Å². The van der Waals surface area contributed by atoms with E-state index < -0.39 is 11.8 Å². The SMILES string of the molecule is N#Cc1ccc(COc2cncc(N3CCCN(Cc4nc5ccc(C(=O)O)cc5n4C[C@@H]4CCO4)CC3)n2)c(F)c1. The summed E-state index contributed by atoms with van der Waals surface area (Å²) in [7, 11) is 0. The number of hydrogen-bond donors (Lipinski definition) is 1. The number of nitriles is 1. The second-order valence-electron chi connectivity index (χ2n) is 10.5. The molecule has 42 heavy (non-hydrogen) atoms. The molecule has 0 spiro atoms. The van der Waals surface area contributed by atoms with Crippen molar-refractivity contribution in [3.63, 3.8) is 0 Å². The Hall–Kier alpha value is -4.60. The first kappa shape index (κ1) is 27.6. The highest BCUT2D eigenvalue weighted by Gasteiger charge is 2.24. The van der Waals surface area contributed by atoms with E-state index in [-0.39, 0.29) is 23.8 Å². The number of fused-ring (bicyclic) bond motifs is 1. The molecule has 2 aromatic carbocycles. The van der Waals surface area contributed by atoms with Crippen molar-refractivity contribution in [3.05, 3.63) is 77.1 Å². The molecule has 11 nitrogen and oxygen atoms in total. The second kappa shape index (κ2) is 12.1. The Morgan fingerprint density at radius 3 is 2.79 bits per heavy atom. The lowest BCUT2D eigenvalue weighted by atomic mass is 10.1. The van der Waals surface area contributed by atoms with E-state index >= 15 is 0 Å². The van der Waals surface area contributed by atoms with E-state index in [1.807, 2.05) is 6.07 Å². The Bertz CT molecular complexity index is 1650. The molecule has 2 fully saturated rings. The lowest BCUT2D eigenvalue weighted by molar-refractivity contribution is -0.0591. The van der Waals surface area contributed by atoms with Crippen LogP contribution in [0.5, 0.6) is 5.88 Å². The van der Waals surface area contributed by atoms with Crippen molar-refractivity contribution in [2.45, 2.75) is 38.6 Å². The van der Waals surface area contributed by atoms with Gasteiger partial charge in [-0.3, -0.25) is 9.88 Å². The van der Waals surface area contributed by atoms with Gasteiger partial charge in [-0.15, -0.1) is 0 Å². The second-order valence-corrected chi connectivity index (χ2v) is 10.5. The Morgan fingerprint density at radius 1 is 1.14 bits per heavy atom. The molecule has 2 aliphatic heterocycles.